The highest BCUT2D eigenvalue weighted by atomic mass is 28.3. The molecule has 4 nitrogen and oxygen atoms in total. The largest absolute Gasteiger partial charge is 0.478 e. The molecule has 0 radical (unpaired) electrons. The third kappa shape index (κ3) is 7.22. The lowest BCUT2D eigenvalue weighted by molar-refractivity contribution is -0.138. The Hall–Kier alpha value is -1.10. The summed E-state index contributed by atoms with van der Waals surface area (Å²) in [6.45, 7) is 9.32. The van der Waals surface area contributed by atoms with E-state index in [0.29, 0.717) is 12.1 Å². The number of carbonyl (C=O) groups excluding carboxylic acids is 1. The third-order valence-corrected chi connectivity index (χ3v) is 5.88. The van der Waals surface area contributed by atoms with Crippen LogP contribution in [0.1, 0.15) is 13.3 Å². The average Bonchev–Trinajstić information content (AvgIpc) is 2.13. The van der Waals surface area contributed by atoms with Gasteiger partial charge in [0.1, 0.15) is 0 Å². The van der Waals surface area contributed by atoms with E-state index in [4.69, 9.17) is 9.84 Å². The number of carboxylic acids is 1. The first-order valence-corrected chi connectivity index (χ1v) is 8.89. The number of carboxylic acid groups (broad SMARTS) is 1. The van der Waals surface area contributed by atoms with Crippen LogP contribution in [0.5, 0.6) is 0 Å². The number of hydrogen-bond acceptors (Lipinski definition) is 3. The zero-order valence-corrected chi connectivity index (χ0v) is 11.3. The fraction of sp³-hybridized carbons (Fsp3) is 0.636. The Balaban J connectivity index is 3.83. The zero-order valence-electron chi connectivity index (χ0n) is 10.3. The van der Waals surface area contributed by atoms with Crippen molar-refractivity contribution in [3.8, 4) is 0 Å². The maximum atomic E-state index is 11.0. The Kier molecular flexibility index (Phi) is 6.03. The minimum Gasteiger partial charge on any atom is -0.478 e. The van der Waals surface area contributed by atoms with Gasteiger partial charge in [-0.1, -0.05) is 26.6 Å². The van der Waals surface area contributed by atoms with Crippen molar-refractivity contribution in [2.45, 2.75) is 38.5 Å². The van der Waals surface area contributed by atoms with Gasteiger partial charge in [0.25, 0.3) is 0 Å². The van der Waals surface area contributed by atoms with E-state index in [9.17, 15) is 9.59 Å². The minimum absolute atomic E-state index is 0.355. The van der Waals surface area contributed by atoms with Crippen LogP contribution in [0.15, 0.2) is 12.2 Å². The molecule has 92 valence electrons. The quantitative estimate of drug-likeness (QED) is 0.442. The number of ether oxygens (including phenoxy) is 1. The summed E-state index contributed by atoms with van der Waals surface area (Å²) in [6, 6.07) is 0. The first-order chi connectivity index (χ1) is 7.23. The molecule has 0 rings (SSSR count). The van der Waals surface area contributed by atoms with Crippen LogP contribution in [-0.4, -0.2) is 31.7 Å². The monoisotopic (exact) mass is 244 g/mol. The van der Waals surface area contributed by atoms with E-state index in [1.54, 1.807) is 0 Å². The zero-order chi connectivity index (χ0) is 12.8. The van der Waals surface area contributed by atoms with Crippen LogP contribution in [0.25, 0.3) is 0 Å². The molecule has 0 aromatic carbocycles. The fourth-order valence-electron chi connectivity index (χ4n) is 0.957. The van der Waals surface area contributed by atoms with Crippen LogP contribution in [0.3, 0.4) is 0 Å². The second-order valence-corrected chi connectivity index (χ2v) is 10.6. The molecule has 0 saturated carbocycles. The molecule has 0 aromatic heterocycles. The second-order valence-electron chi connectivity index (χ2n) is 4.89. The van der Waals surface area contributed by atoms with Crippen molar-refractivity contribution in [2.24, 2.45) is 0 Å². The smallest absolute Gasteiger partial charge is 0.331 e. The van der Waals surface area contributed by atoms with Gasteiger partial charge in [0.2, 0.25) is 0 Å². The van der Waals surface area contributed by atoms with E-state index in [2.05, 4.69) is 26.6 Å². The first-order valence-electron chi connectivity index (χ1n) is 5.31. The molecule has 0 aliphatic heterocycles. The lowest BCUT2D eigenvalue weighted by atomic mass is 10.3. The molecular formula is C11H20O4Si. The SMILES string of the molecule is CC(CCOC(=O)C=CC(=O)O)[Si](C)(C)C. The van der Waals surface area contributed by atoms with E-state index in [1.807, 2.05) is 0 Å². The van der Waals surface area contributed by atoms with Gasteiger partial charge in [0.15, 0.2) is 0 Å². The number of aliphatic carboxylic acids is 1. The highest BCUT2D eigenvalue weighted by Crippen LogP contribution is 2.24. The highest BCUT2D eigenvalue weighted by Gasteiger charge is 2.21. The molecule has 16 heavy (non-hydrogen) atoms. The number of hydrogen-bond donors (Lipinski definition) is 1. The molecule has 5 heteroatoms. The van der Waals surface area contributed by atoms with Crippen molar-refractivity contribution in [1.29, 1.82) is 0 Å². The first kappa shape index (κ1) is 14.9. The minimum atomic E-state index is -1.17. The summed E-state index contributed by atoms with van der Waals surface area (Å²) in [5.41, 5.74) is 0.573. The summed E-state index contributed by atoms with van der Waals surface area (Å²) >= 11 is 0. The van der Waals surface area contributed by atoms with Crippen molar-refractivity contribution in [3.63, 3.8) is 0 Å². The Labute approximate surface area is 97.3 Å². The topological polar surface area (TPSA) is 63.6 Å². The van der Waals surface area contributed by atoms with E-state index in [0.717, 1.165) is 18.6 Å². The summed E-state index contributed by atoms with van der Waals surface area (Å²) in [5, 5.41) is 8.29. The molecule has 0 heterocycles. The van der Waals surface area contributed by atoms with Gasteiger partial charge in [-0.25, -0.2) is 9.59 Å². The van der Waals surface area contributed by atoms with E-state index >= 15 is 0 Å². The van der Waals surface area contributed by atoms with E-state index in [-0.39, 0.29) is 0 Å². The standard InChI is InChI=1S/C11H20O4Si/c1-9(16(2,3)4)7-8-15-11(14)6-5-10(12)13/h5-6,9H,7-8H2,1-4H3,(H,12,13). The van der Waals surface area contributed by atoms with Crippen molar-refractivity contribution in [1.82, 2.24) is 0 Å². The van der Waals surface area contributed by atoms with Crippen molar-refractivity contribution in [3.05, 3.63) is 12.2 Å². The summed E-state index contributed by atoms with van der Waals surface area (Å²) in [7, 11) is -1.17. The molecule has 0 saturated heterocycles. The van der Waals surface area contributed by atoms with Crippen molar-refractivity contribution in [2.75, 3.05) is 6.61 Å². The average molecular weight is 244 g/mol. The van der Waals surface area contributed by atoms with Crippen LogP contribution in [-0.2, 0) is 14.3 Å². The van der Waals surface area contributed by atoms with Crippen LogP contribution >= 0.6 is 0 Å². The predicted molar refractivity (Wildman–Crippen MR) is 65.1 cm³/mol. The summed E-state index contributed by atoms with van der Waals surface area (Å²) in [6.07, 6.45) is 2.55. The maximum absolute atomic E-state index is 11.0. The third-order valence-electron chi connectivity index (χ3n) is 2.64. The predicted octanol–water partition coefficient (Wildman–Crippen LogP) is 2.29. The van der Waals surface area contributed by atoms with E-state index < -0.39 is 20.0 Å². The van der Waals surface area contributed by atoms with Gasteiger partial charge in [0, 0.05) is 20.2 Å². The summed E-state index contributed by atoms with van der Waals surface area (Å²) in [5.74, 6) is -1.74. The van der Waals surface area contributed by atoms with Crippen LogP contribution in [0.2, 0.25) is 25.2 Å². The highest BCUT2D eigenvalue weighted by molar-refractivity contribution is 6.77. The van der Waals surface area contributed by atoms with Crippen molar-refractivity contribution < 1.29 is 19.4 Å². The molecule has 0 aromatic rings. The van der Waals surface area contributed by atoms with Crippen LogP contribution < -0.4 is 0 Å². The van der Waals surface area contributed by atoms with Gasteiger partial charge in [-0.05, 0) is 12.0 Å². The second kappa shape index (κ2) is 6.47. The summed E-state index contributed by atoms with van der Waals surface area (Å²) in [4.78, 5) is 21.1. The van der Waals surface area contributed by atoms with Gasteiger partial charge in [-0.2, -0.15) is 0 Å². The Morgan fingerprint density at radius 2 is 1.88 bits per heavy atom. The Bertz CT molecular complexity index is 278. The molecule has 1 N–H and O–H groups in total. The Morgan fingerprint density at radius 1 is 1.31 bits per heavy atom. The molecule has 1 unspecified atom stereocenters. The van der Waals surface area contributed by atoms with Gasteiger partial charge in [-0.15, -0.1) is 0 Å². The number of carbonyl (C=O) groups is 2. The maximum Gasteiger partial charge on any atom is 0.331 e. The molecule has 1 atom stereocenters. The van der Waals surface area contributed by atoms with Gasteiger partial charge < -0.3 is 9.84 Å². The normalized spacial score (nSPS) is 13.8. The van der Waals surface area contributed by atoms with Gasteiger partial charge in [0.05, 0.1) is 6.61 Å². The van der Waals surface area contributed by atoms with Gasteiger partial charge >= 0.3 is 11.9 Å². The van der Waals surface area contributed by atoms with Crippen molar-refractivity contribution >= 4 is 20.0 Å². The molecule has 0 aliphatic carbocycles. The van der Waals surface area contributed by atoms with Gasteiger partial charge in [-0.3, -0.25) is 0 Å². The lowest BCUT2D eigenvalue weighted by Crippen LogP contribution is -2.27. The molecular weight excluding hydrogens is 224 g/mol. The van der Waals surface area contributed by atoms with Crippen LogP contribution in [0, 0.1) is 0 Å². The number of rotatable bonds is 6. The molecule has 0 bridgehead atoms. The lowest BCUT2D eigenvalue weighted by Gasteiger charge is -2.24. The molecule has 0 amide bonds. The Morgan fingerprint density at radius 3 is 2.31 bits per heavy atom. The molecule has 0 aliphatic rings. The molecule has 0 spiro atoms. The number of esters is 1. The fourth-order valence-corrected chi connectivity index (χ4v) is 1.94. The van der Waals surface area contributed by atoms with E-state index in [1.165, 1.54) is 0 Å². The van der Waals surface area contributed by atoms with Crippen LogP contribution in [0.4, 0.5) is 0 Å². The summed E-state index contributed by atoms with van der Waals surface area (Å²) < 4.78 is 4.89. The molecule has 0 fully saturated rings.